The number of nitrogens with zero attached hydrogens (tertiary/aromatic N) is 1. The molecule has 1 aliphatic heterocycles. The highest BCUT2D eigenvalue weighted by molar-refractivity contribution is 5.14. The standard InChI is InChI=1S/C20H30N2O/c1-17(2)10-12-20(3,23)11-7-15-22-14-5-4-9-19(22)18-8-6-13-21-16-18/h6,8,13,16-17,19,23H,4-5,9-10,12,14-15H2,1-3H3/p+1/t19-,20-/m1/s1. The molecule has 2 heterocycles. The number of piperidine rings is 1. The second kappa shape index (κ2) is 8.47. The van der Waals surface area contributed by atoms with Crippen LogP contribution < -0.4 is 4.90 Å². The molecule has 3 atom stereocenters. The van der Waals surface area contributed by atoms with Crippen LogP contribution in [-0.2, 0) is 0 Å². The molecule has 0 radical (unpaired) electrons. The van der Waals surface area contributed by atoms with Gasteiger partial charge in [-0.15, -0.1) is 0 Å². The van der Waals surface area contributed by atoms with Crippen molar-refractivity contribution in [2.45, 2.75) is 64.5 Å². The summed E-state index contributed by atoms with van der Waals surface area (Å²) in [5, 5.41) is 10.4. The fourth-order valence-corrected chi connectivity index (χ4v) is 3.26. The third-order valence-electron chi connectivity index (χ3n) is 4.70. The summed E-state index contributed by atoms with van der Waals surface area (Å²) in [5.74, 6) is 6.97. The molecule has 126 valence electrons. The number of likely N-dealkylation sites (tertiary alicyclic amines) is 1. The Morgan fingerprint density at radius 1 is 1.43 bits per heavy atom. The van der Waals surface area contributed by atoms with Gasteiger partial charge in [-0.05, 0) is 50.5 Å². The van der Waals surface area contributed by atoms with Gasteiger partial charge in [0, 0.05) is 24.4 Å². The van der Waals surface area contributed by atoms with Gasteiger partial charge in [0.05, 0.1) is 6.54 Å². The van der Waals surface area contributed by atoms with Gasteiger partial charge in [0.25, 0.3) is 0 Å². The topological polar surface area (TPSA) is 37.6 Å². The van der Waals surface area contributed by atoms with Crippen molar-refractivity contribution in [3.63, 3.8) is 0 Å². The van der Waals surface area contributed by atoms with Crippen molar-refractivity contribution in [2.24, 2.45) is 5.92 Å². The van der Waals surface area contributed by atoms with E-state index >= 15 is 0 Å². The van der Waals surface area contributed by atoms with Gasteiger partial charge in [0.2, 0.25) is 0 Å². The van der Waals surface area contributed by atoms with Gasteiger partial charge in [-0.2, -0.15) is 0 Å². The largest absolute Gasteiger partial charge is 0.378 e. The maximum atomic E-state index is 10.4. The van der Waals surface area contributed by atoms with Crippen LogP contribution in [0.4, 0.5) is 0 Å². The van der Waals surface area contributed by atoms with Crippen LogP contribution in [0.15, 0.2) is 24.5 Å². The van der Waals surface area contributed by atoms with E-state index < -0.39 is 5.60 Å². The van der Waals surface area contributed by atoms with Crippen LogP contribution in [0, 0.1) is 17.8 Å². The number of aliphatic hydroxyl groups is 1. The summed E-state index contributed by atoms with van der Waals surface area (Å²) in [4.78, 5) is 5.78. The fraction of sp³-hybridized carbons (Fsp3) is 0.650. The van der Waals surface area contributed by atoms with E-state index in [4.69, 9.17) is 0 Å². The van der Waals surface area contributed by atoms with E-state index in [2.05, 4.69) is 36.7 Å². The molecule has 0 aromatic carbocycles. The number of hydrogen-bond acceptors (Lipinski definition) is 2. The molecule has 1 saturated heterocycles. The minimum absolute atomic E-state index is 0.493. The van der Waals surface area contributed by atoms with E-state index in [0.717, 1.165) is 25.9 Å². The minimum Gasteiger partial charge on any atom is -0.378 e. The average molecular weight is 315 g/mol. The lowest BCUT2D eigenvalue weighted by molar-refractivity contribution is -0.930. The van der Waals surface area contributed by atoms with Crippen LogP contribution in [0.1, 0.15) is 64.5 Å². The van der Waals surface area contributed by atoms with E-state index in [1.165, 1.54) is 29.7 Å². The second-order valence-corrected chi connectivity index (χ2v) is 7.43. The molecular formula is C20H31N2O+. The zero-order chi connectivity index (χ0) is 16.7. The predicted molar refractivity (Wildman–Crippen MR) is 94.0 cm³/mol. The Morgan fingerprint density at radius 3 is 2.96 bits per heavy atom. The van der Waals surface area contributed by atoms with E-state index in [-0.39, 0.29) is 0 Å². The van der Waals surface area contributed by atoms with Crippen LogP contribution in [0.2, 0.25) is 0 Å². The maximum Gasteiger partial charge on any atom is 0.139 e. The zero-order valence-electron chi connectivity index (χ0n) is 14.8. The van der Waals surface area contributed by atoms with Gasteiger partial charge < -0.3 is 10.0 Å². The normalized spacial score (nSPS) is 23.9. The van der Waals surface area contributed by atoms with Crippen LogP contribution in [-0.4, -0.2) is 28.8 Å². The molecule has 0 bridgehead atoms. The van der Waals surface area contributed by atoms with Crippen molar-refractivity contribution in [3.8, 4) is 11.8 Å². The Morgan fingerprint density at radius 2 is 2.26 bits per heavy atom. The maximum absolute atomic E-state index is 10.4. The number of quaternary nitrogens is 1. The number of nitrogens with one attached hydrogen (secondary N) is 1. The van der Waals surface area contributed by atoms with Crippen molar-refractivity contribution < 1.29 is 10.0 Å². The number of pyridine rings is 1. The summed E-state index contributed by atoms with van der Waals surface area (Å²) in [6.07, 6.45) is 9.32. The molecule has 1 aliphatic rings. The first kappa shape index (κ1) is 18.0. The van der Waals surface area contributed by atoms with E-state index in [9.17, 15) is 5.11 Å². The molecule has 1 aromatic heterocycles. The molecule has 1 aromatic rings. The monoisotopic (exact) mass is 315 g/mol. The zero-order valence-corrected chi connectivity index (χ0v) is 14.8. The fourth-order valence-electron chi connectivity index (χ4n) is 3.26. The minimum atomic E-state index is -0.858. The van der Waals surface area contributed by atoms with Crippen molar-refractivity contribution in [2.75, 3.05) is 13.1 Å². The SMILES string of the molecule is CC(C)CC[C@](C)(O)C#CC[NH+]1CCCC[C@@H]1c1cccnc1. The molecule has 0 aliphatic carbocycles. The molecule has 0 spiro atoms. The highest BCUT2D eigenvalue weighted by Crippen LogP contribution is 2.18. The van der Waals surface area contributed by atoms with Gasteiger partial charge in [0.15, 0.2) is 0 Å². The summed E-state index contributed by atoms with van der Waals surface area (Å²) in [6, 6.07) is 4.69. The third-order valence-corrected chi connectivity index (χ3v) is 4.70. The smallest absolute Gasteiger partial charge is 0.139 e. The first-order valence-corrected chi connectivity index (χ1v) is 8.95. The van der Waals surface area contributed by atoms with Gasteiger partial charge in [-0.3, -0.25) is 4.98 Å². The van der Waals surface area contributed by atoms with Crippen LogP contribution in [0.3, 0.4) is 0 Å². The molecule has 0 amide bonds. The van der Waals surface area contributed by atoms with Gasteiger partial charge >= 0.3 is 0 Å². The highest BCUT2D eigenvalue weighted by atomic mass is 16.3. The molecule has 1 unspecified atom stereocenters. The lowest BCUT2D eigenvalue weighted by Gasteiger charge is -2.31. The van der Waals surface area contributed by atoms with Crippen LogP contribution in [0.25, 0.3) is 0 Å². The summed E-state index contributed by atoms with van der Waals surface area (Å²) in [7, 11) is 0. The van der Waals surface area contributed by atoms with E-state index in [1.807, 2.05) is 25.4 Å². The molecule has 23 heavy (non-hydrogen) atoms. The predicted octanol–water partition coefficient (Wildman–Crippen LogP) is 2.38. The van der Waals surface area contributed by atoms with Gasteiger partial charge in [-0.25, -0.2) is 0 Å². The number of rotatable bonds is 5. The van der Waals surface area contributed by atoms with E-state index in [1.54, 1.807) is 0 Å². The van der Waals surface area contributed by atoms with Crippen molar-refractivity contribution in [1.82, 2.24) is 4.98 Å². The molecule has 2 rings (SSSR count). The lowest BCUT2D eigenvalue weighted by Crippen LogP contribution is -3.13. The van der Waals surface area contributed by atoms with Crippen LogP contribution >= 0.6 is 0 Å². The molecule has 1 fully saturated rings. The second-order valence-electron chi connectivity index (χ2n) is 7.43. The van der Waals surface area contributed by atoms with Crippen LogP contribution in [0.5, 0.6) is 0 Å². The molecular weight excluding hydrogens is 284 g/mol. The quantitative estimate of drug-likeness (QED) is 0.819. The van der Waals surface area contributed by atoms with Crippen molar-refractivity contribution in [3.05, 3.63) is 30.1 Å². The summed E-state index contributed by atoms with van der Waals surface area (Å²) in [5.41, 5.74) is 0.457. The molecule has 3 nitrogen and oxygen atoms in total. The Bertz CT molecular complexity index is 528. The lowest BCUT2D eigenvalue weighted by atomic mass is 9.95. The number of aromatic nitrogens is 1. The summed E-state index contributed by atoms with van der Waals surface area (Å²) >= 11 is 0. The Labute approximate surface area is 141 Å². The average Bonchev–Trinajstić information content (AvgIpc) is 2.54. The van der Waals surface area contributed by atoms with Gasteiger partial charge in [-0.1, -0.05) is 25.8 Å². The Balaban J connectivity index is 1.96. The van der Waals surface area contributed by atoms with Gasteiger partial charge in [0.1, 0.15) is 18.2 Å². The third kappa shape index (κ3) is 5.97. The Hall–Kier alpha value is -1.37. The first-order chi connectivity index (χ1) is 11.0. The first-order valence-electron chi connectivity index (χ1n) is 8.95. The molecule has 0 saturated carbocycles. The summed E-state index contributed by atoms with van der Waals surface area (Å²) in [6.45, 7) is 8.16. The van der Waals surface area contributed by atoms with Crippen molar-refractivity contribution >= 4 is 0 Å². The summed E-state index contributed by atoms with van der Waals surface area (Å²) < 4.78 is 0. The number of hydrogen-bond donors (Lipinski definition) is 2. The molecule has 2 N–H and O–H groups in total. The highest BCUT2D eigenvalue weighted by Gasteiger charge is 2.27. The Kier molecular flexibility index (Phi) is 6.62. The van der Waals surface area contributed by atoms with Crippen molar-refractivity contribution in [1.29, 1.82) is 0 Å². The van der Waals surface area contributed by atoms with E-state index in [0.29, 0.717) is 12.0 Å². The molecule has 3 heteroatoms.